The molecule has 0 aliphatic carbocycles. The zero-order valence-electron chi connectivity index (χ0n) is 12.8. The van der Waals surface area contributed by atoms with E-state index in [0.29, 0.717) is 23.6 Å². The van der Waals surface area contributed by atoms with Gasteiger partial charge < -0.3 is 5.32 Å². The lowest BCUT2D eigenvalue weighted by Crippen LogP contribution is -2.29. The maximum Gasteiger partial charge on any atom is 0.253 e. The van der Waals surface area contributed by atoms with Crippen LogP contribution < -0.4 is 5.32 Å². The zero-order chi connectivity index (χ0) is 16.8. The van der Waals surface area contributed by atoms with Gasteiger partial charge in [0.05, 0.1) is 16.6 Å². The third kappa shape index (κ3) is 4.17. The molecule has 0 unspecified atom stereocenters. The zero-order valence-corrected chi connectivity index (χ0v) is 13.6. The minimum atomic E-state index is -0.211. The van der Waals surface area contributed by atoms with Crippen LogP contribution in [0.4, 0.5) is 0 Å². The summed E-state index contributed by atoms with van der Waals surface area (Å²) in [6.07, 6.45) is 6.84. The Hall–Kier alpha value is -2.73. The van der Waals surface area contributed by atoms with Crippen molar-refractivity contribution in [2.45, 2.75) is 19.0 Å². The molecule has 7 heteroatoms. The highest BCUT2D eigenvalue weighted by Crippen LogP contribution is 2.18. The Morgan fingerprint density at radius 1 is 1.21 bits per heavy atom. The molecular weight excluding hydrogens is 326 g/mol. The van der Waals surface area contributed by atoms with Gasteiger partial charge in [0.25, 0.3) is 5.91 Å². The summed E-state index contributed by atoms with van der Waals surface area (Å²) in [4.78, 5) is 20.4. The van der Waals surface area contributed by atoms with E-state index in [0.717, 1.165) is 5.56 Å². The summed E-state index contributed by atoms with van der Waals surface area (Å²) in [5.41, 5.74) is 1.46. The minimum Gasteiger partial charge on any atom is -0.345 e. The average molecular weight is 342 g/mol. The Morgan fingerprint density at radius 2 is 2.04 bits per heavy atom. The Kier molecular flexibility index (Phi) is 5.18. The van der Waals surface area contributed by atoms with E-state index < -0.39 is 0 Å². The second-order valence-corrected chi connectivity index (χ2v) is 5.71. The molecule has 6 nitrogen and oxygen atoms in total. The molecule has 1 N–H and O–H groups in total. The van der Waals surface area contributed by atoms with E-state index in [1.54, 1.807) is 17.1 Å². The van der Waals surface area contributed by atoms with E-state index in [1.165, 1.54) is 18.7 Å². The highest BCUT2D eigenvalue weighted by Gasteiger charge is 2.16. The number of hydrogen-bond acceptors (Lipinski definition) is 4. The lowest BCUT2D eigenvalue weighted by Gasteiger charge is -2.19. The number of nitrogens with one attached hydrogen (secondary N) is 1. The van der Waals surface area contributed by atoms with Gasteiger partial charge in [-0.25, -0.2) is 4.98 Å². The number of carbonyl (C=O) groups is 1. The van der Waals surface area contributed by atoms with Crippen LogP contribution in [-0.2, 0) is 6.54 Å². The number of carbonyl (C=O) groups excluding carboxylic acids is 1. The molecular formula is C17H16ClN5O. The third-order valence-corrected chi connectivity index (χ3v) is 3.79. The lowest BCUT2D eigenvalue weighted by atomic mass is 10.0. The van der Waals surface area contributed by atoms with Crippen LogP contribution in [0, 0.1) is 0 Å². The molecule has 0 aliphatic rings. The maximum atomic E-state index is 12.5. The number of pyridine rings is 1. The van der Waals surface area contributed by atoms with Gasteiger partial charge in [-0.1, -0.05) is 41.9 Å². The van der Waals surface area contributed by atoms with Crippen molar-refractivity contribution in [2.24, 2.45) is 0 Å². The molecule has 3 rings (SSSR count). The summed E-state index contributed by atoms with van der Waals surface area (Å²) in [5.74, 6) is -0.211. The number of benzene rings is 1. The van der Waals surface area contributed by atoms with Gasteiger partial charge in [0.1, 0.15) is 12.7 Å². The highest BCUT2D eigenvalue weighted by molar-refractivity contribution is 6.30. The van der Waals surface area contributed by atoms with Crippen molar-refractivity contribution in [3.8, 4) is 0 Å². The molecule has 0 aliphatic heterocycles. The van der Waals surface area contributed by atoms with Crippen molar-refractivity contribution in [3.63, 3.8) is 0 Å². The van der Waals surface area contributed by atoms with Crippen molar-refractivity contribution >= 4 is 17.5 Å². The van der Waals surface area contributed by atoms with Crippen LogP contribution in [0.15, 0.2) is 61.4 Å². The molecule has 0 bridgehead atoms. The van der Waals surface area contributed by atoms with Crippen LogP contribution in [0.5, 0.6) is 0 Å². The molecule has 24 heavy (non-hydrogen) atoms. The van der Waals surface area contributed by atoms with Gasteiger partial charge in [-0.05, 0) is 18.1 Å². The van der Waals surface area contributed by atoms with E-state index in [2.05, 4.69) is 20.4 Å². The summed E-state index contributed by atoms with van der Waals surface area (Å²) < 4.78 is 1.74. The van der Waals surface area contributed by atoms with E-state index in [-0.39, 0.29) is 11.9 Å². The first kappa shape index (κ1) is 16.1. The minimum absolute atomic E-state index is 0.151. The van der Waals surface area contributed by atoms with Gasteiger partial charge in [-0.2, -0.15) is 5.10 Å². The predicted molar refractivity (Wildman–Crippen MR) is 90.5 cm³/mol. The standard InChI is InChI=1S/C17H16ClN5O/c18-15-8-14(9-19-10-15)17(24)22-16(13-4-2-1-3-5-13)6-7-23-12-20-11-21-23/h1-5,8-12,16H,6-7H2,(H,22,24)/t16-/m1/s1. The molecule has 1 atom stereocenters. The van der Waals surface area contributed by atoms with Crippen molar-refractivity contribution in [3.05, 3.63) is 77.6 Å². The van der Waals surface area contributed by atoms with Gasteiger partial charge in [0.2, 0.25) is 0 Å². The number of rotatable bonds is 6. The number of nitrogens with zero attached hydrogens (tertiary/aromatic N) is 4. The van der Waals surface area contributed by atoms with Crippen molar-refractivity contribution in [1.82, 2.24) is 25.1 Å². The number of aryl methyl sites for hydroxylation is 1. The molecule has 0 fully saturated rings. The van der Waals surface area contributed by atoms with Gasteiger partial charge in [0.15, 0.2) is 0 Å². The van der Waals surface area contributed by atoms with Crippen LogP contribution in [-0.4, -0.2) is 25.7 Å². The first-order valence-corrected chi connectivity index (χ1v) is 7.89. The van der Waals surface area contributed by atoms with Crippen LogP contribution >= 0.6 is 11.6 Å². The molecule has 1 aromatic carbocycles. The summed E-state index contributed by atoms with van der Waals surface area (Å²) in [6, 6.07) is 11.3. The highest BCUT2D eigenvalue weighted by atomic mass is 35.5. The molecule has 122 valence electrons. The molecule has 0 radical (unpaired) electrons. The van der Waals surface area contributed by atoms with E-state index in [9.17, 15) is 4.79 Å². The van der Waals surface area contributed by atoms with Crippen molar-refractivity contribution < 1.29 is 4.79 Å². The Morgan fingerprint density at radius 3 is 2.75 bits per heavy atom. The smallest absolute Gasteiger partial charge is 0.253 e. The Balaban J connectivity index is 1.75. The van der Waals surface area contributed by atoms with Crippen LogP contribution in [0.1, 0.15) is 28.4 Å². The fourth-order valence-electron chi connectivity index (χ4n) is 2.39. The van der Waals surface area contributed by atoms with Gasteiger partial charge in [-0.3, -0.25) is 14.5 Å². The van der Waals surface area contributed by atoms with Gasteiger partial charge in [-0.15, -0.1) is 0 Å². The number of amides is 1. The SMILES string of the molecule is O=C(N[C@H](CCn1cncn1)c1ccccc1)c1cncc(Cl)c1. The first-order chi connectivity index (χ1) is 11.7. The molecule has 0 saturated carbocycles. The van der Waals surface area contributed by atoms with Gasteiger partial charge >= 0.3 is 0 Å². The second kappa shape index (κ2) is 7.70. The van der Waals surface area contributed by atoms with Crippen LogP contribution in [0.3, 0.4) is 0 Å². The fourth-order valence-corrected chi connectivity index (χ4v) is 2.57. The van der Waals surface area contributed by atoms with Crippen LogP contribution in [0.2, 0.25) is 5.02 Å². The second-order valence-electron chi connectivity index (χ2n) is 5.28. The van der Waals surface area contributed by atoms with E-state index in [1.807, 2.05) is 30.3 Å². The average Bonchev–Trinajstić information content (AvgIpc) is 3.12. The van der Waals surface area contributed by atoms with E-state index in [4.69, 9.17) is 11.6 Å². The van der Waals surface area contributed by atoms with Crippen LogP contribution in [0.25, 0.3) is 0 Å². The molecule has 0 spiro atoms. The first-order valence-electron chi connectivity index (χ1n) is 7.51. The van der Waals surface area contributed by atoms with Crippen molar-refractivity contribution in [1.29, 1.82) is 0 Å². The fraction of sp³-hybridized carbons (Fsp3) is 0.176. The Labute approximate surface area is 144 Å². The lowest BCUT2D eigenvalue weighted by molar-refractivity contribution is 0.0933. The topological polar surface area (TPSA) is 72.7 Å². The van der Waals surface area contributed by atoms with E-state index >= 15 is 0 Å². The summed E-state index contributed by atoms with van der Waals surface area (Å²) in [6.45, 7) is 0.646. The third-order valence-electron chi connectivity index (χ3n) is 3.59. The molecule has 0 saturated heterocycles. The maximum absolute atomic E-state index is 12.5. The van der Waals surface area contributed by atoms with Crippen molar-refractivity contribution in [2.75, 3.05) is 0 Å². The molecule has 2 aromatic heterocycles. The number of hydrogen-bond donors (Lipinski definition) is 1. The normalized spacial score (nSPS) is 11.9. The largest absolute Gasteiger partial charge is 0.345 e. The number of aromatic nitrogens is 4. The molecule has 1 amide bonds. The summed E-state index contributed by atoms with van der Waals surface area (Å²) >= 11 is 5.91. The molecule has 2 heterocycles. The quantitative estimate of drug-likeness (QED) is 0.748. The summed E-state index contributed by atoms with van der Waals surface area (Å²) in [5, 5.41) is 7.57. The van der Waals surface area contributed by atoms with Gasteiger partial charge in [0, 0.05) is 18.9 Å². The summed E-state index contributed by atoms with van der Waals surface area (Å²) in [7, 11) is 0. The predicted octanol–water partition coefficient (Wildman–Crippen LogP) is 2.89. The monoisotopic (exact) mass is 341 g/mol. The molecule has 3 aromatic rings. The number of halogens is 1. The Bertz CT molecular complexity index is 792.